The number of ether oxygens (including phenoxy) is 2. The number of methoxy groups -OCH3 is 2. The Morgan fingerprint density at radius 1 is 1.15 bits per heavy atom. The molecule has 0 aliphatic carbocycles. The van der Waals surface area contributed by atoms with Gasteiger partial charge in [-0.15, -0.1) is 0 Å². The number of benzene rings is 1. The van der Waals surface area contributed by atoms with Crippen LogP contribution < -0.4 is 14.8 Å². The van der Waals surface area contributed by atoms with Crippen LogP contribution >= 0.6 is 0 Å². The minimum Gasteiger partial charge on any atom is -0.497 e. The molecule has 1 aromatic rings. The molecule has 0 unspecified atom stereocenters. The number of anilines is 1. The fourth-order valence-corrected chi connectivity index (χ4v) is 3.40. The van der Waals surface area contributed by atoms with Crippen molar-refractivity contribution in [3.05, 3.63) is 18.2 Å². The average molecular weight is 362 g/mol. The first-order chi connectivity index (χ1) is 12.5. The van der Waals surface area contributed by atoms with Crippen molar-refractivity contribution in [3.63, 3.8) is 0 Å². The van der Waals surface area contributed by atoms with E-state index in [1.165, 1.54) is 0 Å². The van der Waals surface area contributed by atoms with Crippen LogP contribution in [0, 0.1) is 11.8 Å². The third-order valence-corrected chi connectivity index (χ3v) is 5.18. The molecule has 6 heteroatoms. The molecule has 6 nitrogen and oxygen atoms in total. The van der Waals surface area contributed by atoms with E-state index in [-0.39, 0.29) is 23.7 Å². The summed E-state index contributed by atoms with van der Waals surface area (Å²) in [6.45, 7) is 5.38. The number of amides is 2. The van der Waals surface area contributed by atoms with Gasteiger partial charge in [-0.3, -0.25) is 9.59 Å². The van der Waals surface area contributed by atoms with E-state index < -0.39 is 0 Å². The maximum absolute atomic E-state index is 12.6. The summed E-state index contributed by atoms with van der Waals surface area (Å²) in [6.07, 6.45) is 3.10. The van der Waals surface area contributed by atoms with Gasteiger partial charge in [-0.2, -0.15) is 0 Å². The van der Waals surface area contributed by atoms with Gasteiger partial charge in [-0.25, -0.2) is 0 Å². The second-order valence-corrected chi connectivity index (χ2v) is 6.67. The first-order valence-corrected chi connectivity index (χ1v) is 9.35. The van der Waals surface area contributed by atoms with Crippen LogP contribution in [0.1, 0.15) is 39.5 Å². The Labute approximate surface area is 155 Å². The van der Waals surface area contributed by atoms with E-state index in [1.807, 2.05) is 18.7 Å². The van der Waals surface area contributed by atoms with Crippen LogP contribution in [0.25, 0.3) is 0 Å². The standard InChI is InChI=1S/C20H30N2O4/c1-5-14(6-2)20(24)22-11-9-15(10-12-22)19(23)21-17-13-16(25-3)7-8-18(17)26-4/h7-8,13-15H,5-6,9-12H2,1-4H3,(H,21,23). The number of nitrogens with zero attached hydrogens (tertiary/aromatic N) is 1. The number of hydrogen-bond acceptors (Lipinski definition) is 4. The molecular weight excluding hydrogens is 332 g/mol. The fourth-order valence-electron chi connectivity index (χ4n) is 3.40. The molecule has 0 radical (unpaired) electrons. The van der Waals surface area contributed by atoms with Crippen LogP contribution in [-0.4, -0.2) is 44.0 Å². The number of hydrogen-bond donors (Lipinski definition) is 1. The quantitative estimate of drug-likeness (QED) is 0.808. The van der Waals surface area contributed by atoms with E-state index in [2.05, 4.69) is 5.32 Å². The van der Waals surface area contributed by atoms with Crippen LogP contribution in [0.4, 0.5) is 5.69 Å². The molecule has 1 fully saturated rings. The van der Waals surface area contributed by atoms with Gasteiger partial charge < -0.3 is 19.7 Å². The molecule has 1 aliphatic heterocycles. The van der Waals surface area contributed by atoms with Crippen molar-refractivity contribution >= 4 is 17.5 Å². The first kappa shape index (κ1) is 20.1. The molecule has 144 valence electrons. The van der Waals surface area contributed by atoms with Gasteiger partial charge in [0.15, 0.2) is 0 Å². The molecule has 0 bridgehead atoms. The highest BCUT2D eigenvalue weighted by Crippen LogP contribution is 2.30. The van der Waals surface area contributed by atoms with Crippen molar-refractivity contribution in [2.24, 2.45) is 11.8 Å². The molecule has 0 spiro atoms. The highest BCUT2D eigenvalue weighted by molar-refractivity contribution is 5.94. The van der Waals surface area contributed by atoms with Gasteiger partial charge in [0.05, 0.1) is 19.9 Å². The van der Waals surface area contributed by atoms with E-state index in [4.69, 9.17) is 9.47 Å². The summed E-state index contributed by atoms with van der Waals surface area (Å²) in [5, 5.41) is 2.95. The lowest BCUT2D eigenvalue weighted by Crippen LogP contribution is -2.43. The maximum atomic E-state index is 12.6. The molecule has 0 atom stereocenters. The third kappa shape index (κ3) is 4.68. The zero-order chi connectivity index (χ0) is 19.1. The van der Waals surface area contributed by atoms with Crippen molar-refractivity contribution in [3.8, 4) is 11.5 Å². The van der Waals surface area contributed by atoms with Gasteiger partial charge >= 0.3 is 0 Å². The number of piperidine rings is 1. The summed E-state index contributed by atoms with van der Waals surface area (Å²) in [6, 6.07) is 5.31. The van der Waals surface area contributed by atoms with Crippen LogP contribution in [-0.2, 0) is 9.59 Å². The molecule has 1 saturated heterocycles. The molecule has 1 aromatic carbocycles. The average Bonchev–Trinajstić information content (AvgIpc) is 2.68. The van der Waals surface area contributed by atoms with Gasteiger partial charge in [-0.1, -0.05) is 13.8 Å². The fraction of sp³-hybridized carbons (Fsp3) is 0.600. The topological polar surface area (TPSA) is 67.9 Å². The van der Waals surface area contributed by atoms with Crippen LogP contribution in [0.5, 0.6) is 11.5 Å². The molecule has 2 rings (SSSR count). The van der Waals surface area contributed by atoms with Crippen molar-refractivity contribution in [2.45, 2.75) is 39.5 Å². The summed E-state index contributed by atoms with van der Waals surface area (Å²) in [4.78, 5) is 27.0. The summed E-state index contributed by atoms with van der Waals surface area (Å²) >= 11 is 0. The second kappa shape index (κ2) is 9.46. The molecule has 0 aromatic heterocycles. The van der Waals surface area contributed by atoms with Gasteiger partial charge in [-0.05, 0) is 37.8 Å². The third-order valence-electron chi connectivity index (χ3n) is 5.18. The monoisotopic (exact) mass is 362 g/mol. The number of carbonyl (C=O) groups excluding carboxylic acids is 2. The Bertz CT molecular complexity index is 620. The SMILES string of the molecule is CCC(CC)C(=O)N1CCC(C(=O)Nc2cc(OC)ccc2OC)CC1. The second-order valence-electron chi connectivity index (χ2n) is 6.67. The zero-order valence-corrected chi connectivity index (χ0v) is 16.2. The maximum Gasteiger partial charge on any atom is 0.227 e. The minimum absolute atomic E-state index is 0.0359. The van der Waals surface area contributed by atoms with E-state index in [0.717, 1.165) is 12.8 Å². The molecule has 1 aliphatic rings. The summed E-state index contributed by atoms with van der Waals surface area (Å²) in [7, 11) is 3.15. The largest absolute Gasteiger partial charge is 0.497 e. The van der Waals surface area contributed by atoms with E-state index in [0.29, 0.717) is 43.1 Å². The van der Waals surface area contributed by atoms with Crippen molar-refractivity contribution in [1.29, 1.82) is 0 Å². The van der Waals surface area contributed by atoms with E-state index in [9.17, 15) is 9.59 Å². The molecule has 0 saturated carbocycles. The number of rotatable bonds is 7. The Hall–Kier alpha value is -2.24. The van der Waals surface area contributed by atoms with Gasteiger partial charge in [0, 0.05) is 31.0 Å². The van der Waals surface area contributed by atoms with Gasteiger partial charge in [0.1, 0.15) is 11.5 Å². The molecule has 1 heterocycles. The van der Waals surface area contributed by atoms with Crippen molar-refractivity contribution in [2.75, 3.05) is 32.6 Å². The highest BCUT2D eigenvalue weighted by Gasteiger charge is 2.30. The van der Waals surface area contributed by atoms with Crippen LogP contribution in [0.3, 0.4) is 0 Å². The Kier molecular flexibility index (Phi) is 7.30. The zero-order valence-electron chi connectivity index (χ0n) is 16.2. The summed E-state index contributed by atoms with van der Waals surface area (Å²) < 4.78 is 10.5. The smallest absolute Gasteiger partial charge is 0.227 e. The highest BCUT2D eigenvalue weighted by atomic mass is 16.5. The summed E-state index contributed by atoms with van der Waals surface area (Å²) in [5.74, 6) is 1.44. The van der Waals surface area contributed by atoms with E-state index in [1.54, 1.807) is 32.4 Å². The molecule has 1 N–H and O–H groups in total. The Morgan fingerprint density at radius 2 is 1.81 bits per heavy atom. The Balaban J connectivity index is 1.96. The minimum atomic E-state index is -0.100. The predicted molar refractivity (Wildman–Crippen MR) is 102 cm³/mol. The van der Waals surface area contributed by atoms with Gasteiger partial charge in [0.2, 0.25) is 11.8 Å². The number of likely N-dealkylation sites (tertiary alicyclic amines) is 1. The number of carbonyl (C=O) groups is 2. The first-order valence-electron chi connectivity index (χ1n) is 9.35. The summed E-state index contributed by atoms with van der Waals surface area (Å²) in [5.41, 5.74) is 0.604. The molecule has 26 heavy (non-hydrogen) atoms. The Morgan fingerprint density at radius 3 is 2.35 bits per heavy atom. The molecular formula is C20H30N2O4. The lowest BCUT2D eigenvalue weighted by atomic mass is 9.93. The lowest BCUT2D eigenvalue weighted by molar-refractivity contribution is -0.138. The lowest BCUT2D eigenvalue weighted by Gasteiger charge is -2.33. The van der Waals surface area contributed by atoms with E-state index >= 15 is 0 Å². The van der Waals surface area contributed by atoms with Crippen molar-refractivity contribution in [1.82, 2.24) is 4.90 Å². The molecule has 2 amide bonds. The normalized spacial score (nSPS) is 15.0. The van der Waals surface area contributed by atoms with Crippen LogP contribution in [0.2, 0.25) is 0 Å². The van der Waals surface area contributed by atoms with Crippen molar-refractivity contribution < 1.29 is 19.1 Å². The number of nitrogens with one attached hydrogen (secondary N) is 1. The van der Waals surface area contributed by atoms with Gasteiger partial charge in [0.25, 0.3) is 0 Å². The van der Waals surface area contributed by atoms with Crippen LogP contribution in [0.15, 0.2) is 18.2 Å². The predicted octanol–water partition coefficient (Wildman–Crippen LogP) is 3.32.